The van der Waals surface area contributed by atoms with Gasteiger partial charge in [-0.15, -0.1) is 0 Å². The van der Waals surface area contributed by atoms with Crippen LogP contribution in [0.2, 0.25) is 0 Å². The zero-order valence-corrected chi connectivity index (χ0v) is 26.8. The minimum Gasteiger partial charge on any atom is -0.486 e. The smallest absolute Gasteiger partial charge is 0.264 e. The van der Waals surface area contributed by atoms with E-state index in [1.54, 1.807) is 0 Å². The molecule has 45 heavy (non-hydrogen) atoms. The molecule has 0 saturated heterocycles. The van der Waals surface area contributed by atoms with Gasteiger partial charge in [0.15, 0.2) is 11.5 Å². The summed E-state index contributed by atoms with van der Waals surface area (Å²) in [6.45, 7) is -0.0641. The Morgan fingerprint density at radius 1 is 0.889 bits per heavy atom. The number of nitrogens with one attached hydrogen (secondary N) is 1. The number of hydrogen-bond acceptors (Lipinski definition) is 6. The molecule has 1 atom stereocenters. The fourth-order valence-corrected chi connectivity index (χ4v) is 6.88. The number of ether oxygens (including phenoxy) is 2. The number of hydrogen-bond donors (Lipinski definition) is 1. The molecule has 5 rings (SSSR count). The fourth-order valence-electron chi connectivity index (χ4n) is 5.00. The van der Waals surface area contributed by atoms with E-state index >= 15 is 0 Å². The molecule has 0 spiro atoms. The second-order valence-corrected chi connectivity index (χ2v) is 13.0. The monoisotopic (exact) mass is 695 g/mol. The fraction of sp³-hybridized carbons (Fsp3) is 0.212. The number of sulfonamides is 1. The summed E-state index contributed by atoms with van der Waals surface area (Å²) in [6.07, 6.45) is 0.186. The lowest BCUT2D eigenvalue weighted by Gasteiger charge is -2.33. The van der Waals surface area contributed by atoms with Gasteiger partial charge in [0, 0.05) is 30.6 Å². The molecule has 1 aliphatic rings. The number of amides is 2. The van der Waals surface area contributed by atoms with E-state index in [0.717, 1.165) is 32.0 Å². The average molecular weight is 697 g/mol. The van der Waals surface area contributed by atoms with Crippen molar-refractivity contribution in [1.82, 2.24) is 10.2 Å². The Balaban J connectivity index is 1.56. The first-order valence-corrected chi connectivity index (χ1v) is 16.4. The molecule has 1 N–H and O–H groups in total. The number of halogens is 2. The number of likely N-dealkylation sites (N-methyl/N-ethyl adjacent to an activating group) is 1. The molecule has 0 aliphatic carbocycles. The minimum absolute atomic E-state index is 0.0184. The van der Waals surface area contributed by atoms with E-state index in [-0.39, 0.29) is 35.9 Å². The van der Waals surface area contributed by atoms with Crippen molar-refractivity contribution in [3.63, 3.8) is 0 Å². The van der Waals surface area contributed by atoms with Crippen LogP contribution >= 0.6 is 15.9 Å². The number of benzene rings is 4. The van der Waals surface area contributed by atoms with Crippen molar-refractivity contribution in [1.29, 1.82) is 0 Å². The maximum absolute atomic E-state index is 14.4. The van der Waals surface area contributed by atoms with Gasteiger partial charge in [0.05, 0.1) is 10.6 Å². The van der Waals surface area contributed by atoms with Gasteiger partial charge >= 0.3 is 0 Å². The van der Waals surface area contributed by atoms with Crippen LogP contribution in [0.3, 0.4) is 0 Å². The van der Waals surface area contributed by atoms with Gasteiger partial charge < -0.3 is 19.7 Å². The highest BCUT2D eigenvalue weighted by atomic mass is 79.9. The van der Waals surface area contributed by atoms with E-state index in [4.69, 9.17) is 9.47 Å². The standard InChI is InChI=1S/C33H31BrFN3O6S/c1-36-33(40)29(19-23-6-3-2-4-7-23)37(21-24-8-5-9-25(34)18-24)32(39)22-38(27-12-10-26(35)11-13-27)45(41,42)28-14-15-30-31(20-28)44-17-16-43-30/h2-15,18,20,29H,16-17,19,21-22H2,1H3,(H,36,40). The minimum atomic E-state index is -4.40. The molecule has 2 amide bonds. The van der Waals surface area contributed by atoms with E-state index in [0.29, 0.717) is 12.4 Å². The Morgan fingerprint density at radius 3 is 2.27 bits per heavy atom. The van der Waals surface area contributed by atoms with E-state index in [9.17, 15) is 22.4 Å². The SMILES string of the molecule is CNC(=O)C(Cc1ccccc1)N(Cc1cccc(Br)c1)C(=O)CN(c1ccc(F)cc1)S(=O)(=O)c1ccc2c(c1)OCCO2. The van der Waals surface area contributed by atoms with Crippen LogP contribution in [0.15, 0.2) is 106 Å². The molecular formula is C33H31BrFN3O6S. The molecule has 4 aromatic rings. The molecular weight excluding hydrogens is 665 g/mol. The molecule has 0 aromatic heterocycles. The van der Waals surface area contributed by atoms with Crippen LogP contribution in [-0.4, -0.2) is 58.0 Å². The Labute approximate surface area is 269 Å². The molecule has 4 aromatic carbocycles. The van der Waals surface area contributed by atoms with Crippen molar-refractivity contribution < 1.29 is 31.9 Å². The van der Waals surface area contributed by atoms with E-state index in [2.05, 4.69) is 21.2 Å². The Bertz CT molecular complexity index is 1770. The van der Waals surface area contributed by atoms with Crippen LogP contribution in [0, 0.1) is 5.82 Å². The predicted molar refractivity (Wildman–Crippen MR) is 171 cm³/mol. The number of rotatable bonds is 11. The van der Waals surface area contributed by atoms with Gasteiger partial charge in [-0.2, -0.15) is 0 Å². The number of nitrogens with zero attached hydrogens (tertiary/aromatic N) is 2. The second-order valence-electron chi connectivity index (χ2n) is 10.3. The van der Waals surface area contributed by atoms with Crippen molar-refractivity contribution in [3.8, 4) is 11.5 Å². The molecule has 234 valence electrons. The lowest BCUT2D eigenvalue weighted by Crippen LogP contribution is -2.53. The van der Waals surface area contributed by atoms with Gasteiger partial charge in [-0.05, 0) is 59.7 Å². The Kier molecular flexibility index (Phi) is 10.0. The van der Waals surface area contributed by atoms with Crippen LogP contribution in [-0.2, 0) is 32.6 Å². The van der Waals surface area contributed by atoms with Crippen molar-refractivity contribution in [3.05, 3.63) is 118 Å². The third-order valence-electron chi connectivity index (χ3n) is 7.25. The largest absolute Gasteiger partial charge is 0.486 e. The first kappa shape index (κ1) is 32.0. The zero-order chi connectivity index (χ0) is 32.0. The van der Waals surface area contributed by atoms with Gasteiger partial charge in [0.1, 0.15) is 31.6 Å². The number of carbonyl (C=O) groups excluding carboxylic acids is 2. The highest BCUT2D eigenvalue weighted by molar-refractivity contribution is 9.10. The van der Waals surface area contributed by atoms with E-state index in [1.165, 1.54) is 42.3 Å². The topological polar surface area (TPSA) is 105 Å². The summed E-state index contributed by atoms with van der Waals surface area (Å²) in [5, 5.41) is 2.65. The zero-order valence-electron chi connectivity index (χ0n) is 24.4. The number of carbonyl (C=O) groups is 2. The molecule has 0 radical (unpaired) electrons. The van der Waals surface area contributed by atoms with Crippen molar-refractivity contribution in [2.24, 2.45) is 0 Å². The maximum Gasteiger partial charge on any atom is 0.264 e. The molecule has 0 bridgehead atoms. The van der Waals surface area contributed by atoms with Crippen molar-refractivity contribution in [2.75, 3.05) is 31.1 Å². The summed E-state index contributed by atoms with van der Waals surface area (Å²) >= 11 is 3.46. The normalized spacial score (nSPS) is 13.0. The first-order valence-electron chi connectivity index (χ1n) is 14.1. The molecule has 12 heteroatoms. The lowest BCUT2D eigenvalue weighted by atomic mass is 10.0. The number of anilines is 1. The van der Waals surface area contributed by atoms with Gasteiger partial charge in [-0.25, -0.2) is 12.8 Å². The summed E-state index contributed by atoms with van der Waals surface area (Å²) < 4.78 is 55.2. The van der Waals surface area contributed by atoms with Crippen molar-refractivity contribution in [2.45, 2.75) is 23.9 Å². The molecule has 0 saturated carbocycles. The van der Waals surface area contributed by atoms with Gasteiger partial charge in [0.25, 0.3) is 10.0 Å². The molecule has 1 aliphatic heterocycles. The van der Waals surface area contributed by atoms with Crippen LogP contribution in [0.1, 0.15) is 11.1 Å². The predicted octanol–water partition coefficient (Wildman–Crippen LogP) is 4.94. The van der Waals surface area contributed by atoms with Gasteiger partial charge in [-0.3, -0.25) is 13.9 Å². The molecule has 1 heterocycles. The second kappa shape index (κ2) is 14.1. The highest BCUT2D eigenvalue weighted by Gasteiger charge is 2.35. The summed E-state index contributed by atoms with van der Waals surface area (Å²) in [5.41, 5.74) is 1.61. The molecule has 1 unspecified atom stereocenters. The summed E-state index contributed by atoms with van der Waals surface area (Å²) in [6, 6.07) is 24.6. The Morgan fingerprint density at radius 2 is 1.58 bits per heavy atom. The quantitative estimate of drug-likeness (QED) is 0.238. The third-order valence-corrected chi connectivity index (χ3v) is 9.52. The average Bonchev–Trinajstić information content (AvgIpc) is 3.05. The maximum atomic E-state index is 14.4. The summed E-state index contributed by atoms with van der Waals surface area (Å²) in [5.74, 6) is -0.957. The van der Waals surface area contributed by atoms with Gasteiger partial charge in [-0.1, -0.05) is 58.4 Å². The number of fused-ring (bicyclic) bond motifs is 1. The lowest BCUT2D eigenvalue weighted by molar-refractivity contribution is -0.139. The highest BCUT2D eigenvalue weighted by Crippen LogP contribution is 2.34. The van der Waals surface area contributed by atoms with Crippen LogP contribution in [0.25, 0.3) is 0 Å². The van der Waals surface area contributed by atoms with Gasteiger partial charge in [0.2, 0.25) is 11.8 Å². The summed E-state index contributed by atoms with van der Waals surface area (Å²) in [4.78, 5) is 28.9. The van der Waals surface area contributed by atoms with Crippen molar-refractivity contribution >= 4 is 43.5 Å². The van der Waals surface area contributed by atoms with Crippen LogP contribution in [0.4, 0.5) is 10.1 Å². The van der Waals surface area contributed by atoms with E-state index < -0.39 is 40.2 Å². The first-order chi connectivity index (χ1) is 21.7. The molecule has 9 nitrogen and oxygen atoms in total. The molecule has 0 fully saturated rings. The van der Waals surface area contributed by atoms with E-state index in [1.807, 2.05) is 54.6 Å². The third kappa shape index (κ3) is 7.63. The Hall–Kier alpha value is -4.42. The summed E-state index contributed by atoms with van der Waals surface area (Å²) in [7, 11) is -2.91. The van der Waals surface area contributed by atoms with Crippen LogP contribution in [0.5, 0.6) is 11.5 Å². The van der Waals surface area contributed by atoms with Crippen LogP contribution < -0.4 is 19.1 Å².